The second-order valence-corrected chi connectivity index (χ2v) is 6.08. The smallest absolute Gasteiger partial charge is 0.326 e. The Morgan fingerprint density at radius 3 is 2.81 bits per heavy atom. The number of amides is 1. The van der Waals surface area contributed by atoms with Gasteiger partial charge in [0.15, 0.2) is 29.1 Å². The summed E-state index contributed by atoms with van der Waals surface area (Å²) < 4.78 is 15.5. The van der Waals surface area contributed by atoms with Crippen molar-refractivity contribution in [2.45, 2.75) is 6.54 Å². The Kier molecular flexibility index (Phi) is 5.92. The molecule has 142 valence electrons. The molecular formula is C17H17ClN4O5. The van der Waals surface area contributed by atoms with Gasteiger partial charge in [-0.05, 0) is 29.8 Å². The molecule has 1 aliphatic heterocycles. The van der Waals surface area contributed by atoms with Crippen LogP contribution in [0.2, 0.25) is 5.15 Å². The van der Waals surface area contributed by atoms with Crippen molar-refractivity contribution in [3.05, 3.63) is 41.0 Å². The second-order valence-electron chi connectivity index (χ2n) is 5.70. The third-order valence-corrected chi connectivity index (χ3v) is 3.87. The van der Waals surface area contributed by atoms with Gasteiger partial charge in [0.25, 0.3) is 5.91 Å². The molecule has 0 saturated carbocycles. The molecule has 0 saturated heterocycles. The van der Waals surface area contributed by atoms with Crippen molar-refractivity contribution >= 4 is 29.3 Å². The third-order valence-electron chi connectivity index (χ3n) is 3.67. The molecule has 2 aromatic rings. The van der Waals surface area contributed by atoms with Crippen molar-refractivity contribution in [3.63, 3.8) is 0 Å². The van der Waals surface area contributed by atoms with Crippen molar-refractivity contribution in [2.75, 3.05) is 31.9 Å². The molecule has 0 atom stereocenters. The van der Waals surface area contributed by atoms with Crippen LogP contribution in [0.5, 0.6) is 11.5 Å². The van der Waals surface area contributed by atoms with Crippen molar-refractivity contribution in [3.8, 4) is 11.5 Å². The molecule has 1 aliphatic rings. The van der Waals surface area contributed by atoms with Crippen LogP contribution in [0.25, 0.3) is 0 Å². The molecular weight excluding hydrogens is 376 g/mol. The number of anilines is 1. The lowest BCUT2D eigenvalue weighted by molar-refractivity contribution is -0.147. The summed E-state index contributed by atoms with van der Waals surface area (Å²) in [4.78, 5) is 25.2. The number of hydrogen-bond acceptors (Lipinski definition) is 8. The average Bonchev–Trinajstić information content (AvgIpc) is 3.13. The number of benzene rings is 1. The van der Waals surface area contributed by atoms with Gasteiger partial charge in [-0.25, -0.2) is 0 Å². The Balaban J connectivity index is 1.39. The summed E-state index contributed by atoms with van der Waals surface area (Å²) in [6, 6.07) is 8.58. The van der Waals surface area contributed by atoms with Crippen molar-refractivity contribution in [2.24, 2.45) is 0 Å². The van der Waals surface area contributed by atoms with E-state index in [1.54, 1.807) is 31.3 Å². The maximum atomic E-state index is 11.9. The number of ether oxygens (including phenoxy) is 3. The molecule has 0 aliphatic carbocycles. The molecule has 0 unspecified atom stereocenters. The van der Waals surface area contributed by atoms with Crippen molar-refractivity contribution < 1.29 is 23.8 Å². The molecule has 0 radical (unpaired) electrons. The summed E-state index contributed by atoms with van der Waals surface area (Å²) in [5.41, 5.74) is 0.847. The summed E-state index contributed by atoms with van der Waals surface area (Å²) in [5.74, 6) is 0.807. The number of hydrogen-bond donors (Lipinski definition) is 1. The van der Waals surface area contributed by atoms with Crippen molar-refractivity contribution in [1.29, 1.82) is 0 Å². The lowest BCUT2D eigenvalue weighted by Crippen LogP contribution is -2.32. The fraction of sp³-hybridized carbons (Fsp3) is 0.294. The van der Waals surface area contributed by atoms with Crippen LogP contribution in [0.15, 0.2) is 30.3 Å². The first-order valence-corrected chi connectivity index (χ1v) is 8.40. The van der Waals surface area contributed by atoms with E-state index < -0.39 is 11.9 Å². The zero-order chi connectivity index (χ0) is 19.2. The SMILES string of the molecule is CN(CC(=O)OCC(=O)NCc1ccc2c(c1)OCO2)c1ccc(Cl)nn1. The van der Waals surface area contributed by atoms with Crippen LogP contribution in [-0.2, 0) is 20.9 Å². The topological polar surface area (TPSA) is 103 Å². The number of aromatic nitrogens is 2. The maximum absolute atomic E-state index is 11.9. The van der Waals surface area contributed by atoms with Gasteiger partial charge in [0.1, 0.15) is 6.54 Å². The van der Waals surface area contributed by atoms with E-state index in [-0.39, 0.29) is 31.6 Å². The Bertz CT molecular complexity index is 831. The lowest BCUT2D eigenvalue weighted by atomic mass is 10.2. The molecule has 10 heteroatoms. The number of nitrogens with one attached hydrogen (secondary N) is 1. The quantitative estimate of drug-likeness (QED) is 0.700. The van der Waals surface area contributed by atoms with E-state index in [4.69, 9.17) is 25.8 Å². The first-order chi connectivity index (χ1) is 13.0. The highest BCUT2D eigenvalue weighted by molar-refractivity contribution is 6.29. The van der Waals surface area contributed by atoms with Crippen LogP contribution < -0.4 is 19.7 Å². The van der Waals surface area contributed by atoms with Gasteiger partial charge in [-0.1, -0.05) is 17.7 Å². The highest BCUT2D eigenvalue weighted by Crippen LogP contribution is 2.32. The monoisotopic (exact) mass is 392 g/mol. The van der Waals surface area contributed by atoms with E-state index in [1.807, 2.05) is 6.07 Å². The highest BCUT2D eigenvalue weighted by Gasteiger charge is 2.14. The van der Waals surface area contributed by atoms with Gasteiger partial charge in [-0.3, -0.25) is 9.59 Å². The molecule has 1 aromatic heterocycles. The van der Waals surface area contributed by atoms with Crippen LogP contribution in [0.3, 0.4) is 0 Å². The van der Waals surface area contributed by atoms with E-state index in [0.717, 1.165) is 5.56 Å². The molecule has 2 heterocycles. The van der Waals surface area contributed by atoms with Gasteiger partial charge >= 0.3 is 5.97 Å². The van der Waals surface area contributed by atoms with Gasteiger partial charge in [0, 0.05) is 13.6 Å². The predicted molar refractivity (Wildman–Crippen MR) is 95.7 cm³/mol. The van der Waals surface area contributed by atoms with Gasteiger partial charge in [0.05, 0.1) is 0 Å². The van der Waals surface area contributed by atoms with Gasteiger partial charge in [-0.15, -0.1) is 10.2 Å². The summed E-state index contributed by atoms with van der Waals surface area (Å²) in [5, 5.41) is 10.5. The van der Waals surface area contributed by atoms with Crippen molar-refractivity contribution in [1.82, 2.24) is 15.5 Å². The highest BCUT2D eigenvalue weighted by atomic mass is 35.5. The van der Waals surface area contributed by atoms with Crippen LogP contribution in [0.1, 0.15) is 5.56 Å². The fourth-order valence-corrected chi connectivity index (χ4v) is 2.38. The number of fused-ring (bicyclic) bond motifs is 1. The lowest BCUT2D eigenvalue weighted by Gasteiger charge is -2.16. The Hall–Kier alpha value is -3.07. The minimum atomic E-state index is -0.563. The van der Waals surface area contributed by atoms with Crippen LogP contribution in [-0.4, -0.2) is 49.1 Å². The number of halogens is 1. The van der Waals surface area contributed by atoms with E-state index in [9.17, 15) is 9.59 Å². The minimum absolute atomic E-state index is 0.0776. The molecule has 1 amide bonds. The number of nitrogens with zero attached hydrogens (tertiary/aromatic N) is 3. The molecule has 27 heavy (non-hydrogen) atoms. The molecule has 0 bridgehead atoms. The van der Waals surface area contributed by atoms with Gasteiger partial charge < -0.3 is 24.4 Å². The van der Waals surface area contributed by atoms with E-state index in [1.165, 1.54) is 4.90 Å². The van der Waals surface area contributed by atoms with Crippen LogP contribution >= 0.6 is 11.6 Å². The zero-order valence-corrected chi connectivity index (χ0v) is 15.2. The summed E-state index contributed by atoms with van der Waals surface area (Å²) in [6.07, 6.45) is 0. The van der Waals surface area contributed by atoms with Crippen LogP contribution in [0.4, 0.5) is 5.82 Å². The van der Waals surface area contributed by atoms with Gasteiger partial charge in [-0.2, -0.15) is 0 Å². The first-order valence-electron chi connectivity index (χ1n) is 8.02. The van der Waals surface area contributed by atoms with E-state index >= 15 is 0 Å². The maximum Gasteiger partial charge on any atom is 0.326 e. The minimum Gasteiger partial charge on any atom is -0.454 e. The molecule has 3 rings (SSSR count). The zero-order valence-electron chi connectivity index (χ0n) is 14.5. The molecule has 0 fully saturated rings. The standard InChI is InChI=1S/C17H17ClN4O5/c1-22(15-5-4-14(18)20-21-15)8-17(24)25-9-16(23)19-7-11-2-3-12-13(6-11)27-10-26-12/h2-6H,7-10H2,1H3,(H,19,23). The number of carbonyl (C=O) groups excluding carboxylic acids is 2. The fourth-order valence-electron chi connectivity index (χ4n) is 2.28. The summed E-state index contributed by atoms with van der Waals surface area (Å²) in [7, 11) is 1.65. The largest absolute Gasteiger partial charge is 0.454 e. The van der Waals surface area contributed by atoms with Gasteiger partial charge in [0.2, 0.25) is 6.79 Å². The predicted octanol–water partition coefficient (Wildman–Crippen LogP) is 1.15. The van der Waals surface area contributed by atoms with Crippen LogP contribution in [0, 0.1) is 0 Å². The van der Waals surface area contributed by atoms with E-state index in [0.29, 0.717) is 17.3 Å². The summed E-state index contributed by atoms with van der Waals surface area (Å²) in [6.45, 7) is 0.0275. The van der Waals surface area contributed by atoms with E-state index in [2.05, 4.69) is 15.5 Å². The first kappa shape index (κ1) is 18.7. The molecule has 0 spiro atoms. The molecule has 1 N–H and O–H groups in total. The Morgan fingerprint density at radius 1 is 1.22 bits per heavy atom. The normalized spacial score (nSPS) is 11.8. The number of esters is 1. The third kappa shape index (κ3) is 5.20. The Labute approximate surface area is 160 Å². The Morgan fingerprint density at radius 2 is 2.04 bits per heavy atom. The summed E-state index contributed by atoms with van der Waals surface area (Å²) >= 11 is 5.67. The number of carbonyl (C=O) groups is 2. The molecule has 1 aromatic carbocycles. The number of likely N-dealkylation sites (N-methyl/N-ethyl adjacent to an activating group) is 1. The number of rotatable bonds is 7. The molecule has 9 nitrogen and oxygen atoms in total. The second kappa shape index (κ2) is 8.54. The average molecular weight is 393 g/mol.